The van der Waals surface area contributed by atoms with E-state index in [1.807, 2.05) is 5.32 Å². The Balaban J connectivity index is 0.00000342. The maximum absolute atomic E-state index is 13.0. The average Bonchev–Trinajstić information content (AvgIpc) is 3.18. The van der Waals surface area contributed by atoms with Crippen LogP contribution < -0.4 is 16.4 Å². The van der Waals surface area contributed by atoms with Gasteiger partial charge in [0.15, 0.2) is 17.0 Å². The van der Waals surface area contributed by atoms with Crippen molar-refractivity contribution in [2.24, 2.45) is 0 Å². The fourth-order valence-electron chi connectivity index (χ4n) is 3.07. The summed E-state index contributed by atoms with van der Waals surface area (Å²) in [6.07, 6.45) is -7.32. The molecule has 0 unspecified atom stereocenters. The Kier molecular flexibility index (Phi) is 6.78. The third-order valence-electron chi connectivity index (χ3n) is 4.61. The summed E-state index contributed by atoms with van der Waals surface area (Å²) in [5, 5.41) is 4.33. The number of alkyl halides is 6. The fraction of sp³-hybridized carbons (Fsp3) is 0.100. The highest BCUT2D eigenvalue weighted by atomic mass is 35.5. The van der Waals surface area contributed by atoms with Crippen molar-refractivity contribution in [3.63, 3.8) is 0 Å². The molecule has 2 heterocycles. The zero-order valence-electron chi connectivity index (χ0n) is 17.1. The van der Waals surface area contributed by atoms with E-state index in [9.17, 15) is 31.1 Å². The van der Waals surface area contributed by atoms with Crippen LogP contribution in [-0.2, 0) is 12.4 Å². The molecule has 0 aliphatic rings. The highest BCUT2D eigenvalue weighted by Crippen LogP contribution is 2.37. The maximum atomic E-state index is 13.0. The summed E-state index contributed by atoms with van der Waals surface area (Å²) in [5.41, 5.74) is 3.65. The third kappa shape index (κ3) is 5.54. The van der Waals surface area contributed by atoms with Crippen molar-refractivity contribution >= 4 is 46.8 Å². The molecule has 2 aromatic heterocycles. The van der Waals surface area contributed by atoms with Crippen molar-refractivity contribution in [1.29, 1.82) is 0 Å². The maximum Gasteiger partial charge on any atom is 0.416 e. The number of nitrogens with one attached hydrogen (secondary N) is 2. The van der Waals surface area contributed by atoms with Gasteiger partial charge in [-0.1, -0.05) is 0 Å². The normalized spacial score (nSPS) is 11.7. The second-order valence-electron chi connectivity index (χ2n) is 6.97. The summed E-state index contributed by atoms with van der Waals surface area (Å²) >= 11 is 0. The van der Waals surface area contributed by atoms with Gasteiger partial charge >= 0.3 is 18.4 Å². The Morgan fingerprint density at radius 3 is 1.97 bits per heavy atom. The van der Waals surface area contributed by atoms with Crippen molar-refractivity contribution in [3.8, 4) is 5.69 Å². The van der Waals surface area contributed by atoms with E-state index in [0.717, 1.165) is 0 Å². The molecular weight excluding hydrogens is 504 g/mol. The van der Waals surface area contributed by atoms with Crippen molar-refractivity contribution in [3.05, 3.63) is 66.2 Å². The van der Waals surface area contributed by atoms with Gasteiger partial charge in [-0.3, -0.25) is 4.57 Å². The van der Waals surface area contributed by atoms with Crippen LogP contribution in [0.1, 0.15) is 11.1 Å². The molecule has 184 valence electrons. The standard InChI is InChI=1S/C20H13F6N7O.ClH/c21-19(22,23)10-5-11(20(24,25)26)7-13(6-10)32-18(34)31-12-1-3-14(4-2-12)33-9-30-15-16(27)28-8-29-17(15)33;/h1-9H,(H2,27,28,29)(H2,31,32,34);1H. The lowest BCUT2D eigenvalue weighted by atomic mass is 10.1. The van der Waals surface area contributed by atoms with E-state index in [2.05, 4.69) is 20.3 Å². The predicted molar refractivity (Wildman–Crippen MR) is 117 cm³/mol. The molecule has 4 rings (SSSR count). The first-order chi connectivity index (χ1) is 15.9. The van der Waals surface area contributed by atoms with Gasteiger partial charge in [-0.15, -0.1) is 12.4 Å². The van der Waals surface area contributed by atoms with Gasteiger partial charge in [0.25, 0.3) is 0 Å². The lowest BCUT2D eigenvalue weighted by Gasteiger charge is -2.15. The summed E-state index contributed by atoms with van der Waals surface area (Å²) in [6.45, 7) is 0. The molecule has 0 aliphatic carbocycles. The van der Waals surface area contributed by atoms with Crippen LogP contribution in [0, 0.1) is 0 Å². The third-order valence-corrected chi connectivity index (χ3v) is 4.61. The second kappa shape index (κ2) is 9.29. The van der Waals surface area contributed by atoms with Gasteiger partial charge in [-0.05, 0) is 42.5 Å². The summed E-state index contributed by atoms with van der Waals surface area (Å²) < 4.78 is 79.5. The number of amides is 2. The van der Waals surface area contributed by atoms with Crippen molar-refractivity contribution in [2.75, 3.05) is 16.4 Å². The molecule has 0 saturated heterocycles. The Morgan fingerprint density at radius 2 is 1.40 bits per heavy atom. The zero-order chi connectivity index (χ0) is 24.7. The van der Waals surface area contributed by atoms with Gasteiger partial charge in [-0.25, -0.2) is 19.7 Å². The largest absolute Gasteiger partial charge is 0.416 e. The molecule has 2 amide bonds. The molecule has 0 atom stereocenters. The molecule has 0 radical (unpaired) electrons. The molecule has 35 heavy (non-hydrogen) atoms. The SMILES string of the molecule is Cl.Nc1ncnc2c1ncn2-c1ccc(NC(=O)Nc2cc(C(F)(F)F)cc(C(F)(F)F)c2)cc1. The summed E-state index contributed by atoms with van der Waals surface area (Å²) in [5.74, 6) is 0.196. The number of hydrogen-bond acceptors (Lipinski definition) is 5. The van der Waals surface area contributed by atoms with Crippen LogP contribution in [0.25, 0.3) is 16.9 Å². The summed E-state index contributed by atoms with van der Waals surface area (Å²) in [6, 6.07) is 5.87. The van der Waals surface area contributed by atoms with Gasteiger partial charge in [0.2, 0.25) is 0 Å². The topological polar surface area (TPSA) is 111 Å². The Bertz CT molecular complexity index is 1340. The van der Waals surface area contributed by atoms with E-state index in [-0.39, 0.29) is 30.0 Å². The number of nitrogen functional groups attached to an aromatic ring is 1. The summed E-state index contributed by atoms with van der Waals surface area (Å²) in [4.78, 5) is 24.3. The summed E-state index contributed by atoms with van der Waals surface area (Å²) in [7, 11) is 0. The molecule has 0 aliphatic heterocycles. The van der Waals surface area contributed by atoms with Crippen LogP contribution in [0.5, 0.6) is 0 Å². The molecule has 0 fully saturated rings. The number of aromatic nitrogens is 4. The minimum Gasteiger partial charge on any atom is -0.382 e. The van der Waals surface area contributed by atoms with Gasteiger partial charge < -0.3 is 16.4 Å². The number of hydrogen-bond donors (Lipinski definition) is 3. The average molecular weight is 518 g/mol. The molecule has 0 spiro atoms. The number of anilines is 3. The van der Waals surface area contributed by atoms with E-state index >= 15 is 0 Å². The van der Waals surface area contributed by atoms with Crippen LogP contribution in [0.4, 0.5) is 48.3 Å². The minimum atomic E-state index is -5.03. The molecule has 0 bridgehead atoms. The van der Waals surface area contributed by atoms with Crippen LogP contribution in [0.15, 0.2) is 55.1 Å². The zero-order valence-corrected chi connectivity index (χ0v) is 18.0. The lowest BCUT2D eigenvalue weighted by Crippen LogP contribution is -2.20. The van der Waals surface area contributed by atoms with Crippen LogP contribution in [0.3, 0.4) is 0 Å². The highest BCUT2D eigenvalue weighted by molar-refractivity contribution is 6.00. The van der Waals surface area contributed by atoms with Gasteiger partial charge in [0.05, 0.1) is 11.1 Å². The number of rotatable bonds is 3. The van der Waals surface area contributed by atoms with Crippen molar-refractivity contribution in [1.82, 2.24) is 19.5 Å². The van der Waals surface area contributed by atoms with E-state index in [1.165, 1.54) is 24.8 Å². The molecule has 8 nitrogen and oxygen atoms in total. The van der Waals surface area contributed by atoms with Gasteiger partial charge in [-0.2, -0.15) is 26.3 Å². The number of carbonyl (C=O) groups excluding carboxylic acids is 1. The number of carbonyl (C=O) groups is 1. The van der Waals surface area contributed by atoms with E-state index in [1.54, 1.807) is 16.7 Å². The first-order valence-corrected chi connectivity index (χ1v) is 9.33. The molecular formula is C20H14ClF6N7O. The quantitative estimate of drug-likeness (QED) is 0.311. The number of urea groups is 1. The molecule has 15 heteroatoms. The van der Waals surface area contributed by atoms with Crippen LogP contribution >= 0.6 is 12.4 Å². The number of nitrogens with two attached hydrogens (primary N) is 1. The number of nitrogens with zero attached hydrogens (tertiary/aromatic N) is 4. The first kappa shape index (κ1) is 25.6. The Labute approximate surface area is 198 Å². The molecule has 0 saturated carbocycles. The first-order valence-electron chi connectivity index (χ1n) is 9.33. The number of benzene rings is 2. The van der Waals surface area contributed by atoms with E-state index in [4.69, 9.17) is 5.73 Å². The lowest BCUT2D eigenvalue weighted by molar-refractivity contribution is -0.143. The van der Waals surface area contributed by atoms with Gasteiger partial charge in [0, 0.05) is 17.1 Å². The highest BCUT2D eigenvalue weighted by Gasteiger charge is 2.37. The number of imidazole rings is 1. The second-order valence-corrected chi connectivity index (χ2v) is 6.97. The van der Waals surface area contributed by atoms with Crippen molar-refractivity contribution in [2.45, 2.75) is 12.4 Å². The number of halogens is 7. The molecule has 4 N–H and O–H groups in total. The number of fused-ring (bicyclic) bond motifs is 1. The monoisotopic (exact) mass is 517 g/mol. The van der Waals surface area contributed by atoms with Gasteiger partial charge in [0.1, 0.15) is 12.7 Å². The fourth-order valence-corrected chi connectivity index (χ4v) is 3.07. The van der Waals surface area contributed by atoms with Crippen LogP contribution in [-0.4, -0.2) is 25.6 Å². The Morgan fingerprint density at radius 1 is 0.829 bits per heavy atom. The Hall–Kier alpha value is -4.07. The van der Waals surface area contributed by atoms with E-state index < -0.39 is 35.2 Å². The molecule has 4 aromatic rings. The predicted octanol–water partition coefficient (Wildman–Crippen LogP) is 5.50. The molecule has 2 aromatic carbocycles. The smallest absolute Gasteiger partial charge is 0.382 e. The van der Waals surface area contributed by atoms with Crippen LogP contribution in [0.2, 0.25) is 0 Å². The van der Waals surface area contributed by atoms with Crippen molar-refractivity contribution < 1.29 is 31.1 Å². The van der Waals surface area contributed by atoms with E-state index in [0.29, 0.717) is 29.0 Å². The minimum absolute atomic E-state index is 0.